The van der Waals surface area contributed by atoms with Gasteiger partial charge in [-0.2, -0.15) is 0 Å². The van der Waals surface area contributed by atoms with Crippen molar-refractivity contribution < 1.29 is 4.57 Å². The van der Waals surface area contributed by atoms with E-state index in [-0.39, 0.29) is 5.41 Å². The maximum absolute atomic E-state index is 3.52. The first-order chi connectivity index (χ1) is 6.03. The number of fused-ring (bicyclic) bond motifs is 1. The third kappa shape index (κ3) is 1.05. The molecule has 0 aliphatic carbocycles. The molecule has 1 aromatic heterocycles. The average Bonchev–Trinajstić information content (AvgIpc) is 2.28. The fraction of sp³-hybridized carbons (Fsp3) is 0.545. The van der Waals surface area contributed by atoms with Gasteiger partial charge in [0.25, 0.3) is 5.82 Å². The molecule has 1 aliphatic rings. The fourth-order valence-corrected chi connectivity index (χ4v) is 1.93. The zero-order valence-electron chi connectivity index (χ0n) is 8.76. The summed E-state index contributed by atoms with van der Waals surface area (Å²) < 4.78 is 2.15. The van der Waals surface area contributed by atoms with Gasteiger partial charge in [-0.1, -0.05) is 13.8 Å². The number of hydrogen-bond acceptors (Lipinski definition) is 1. The number of hydrogen-bond donors (Lipinski definition) is 1. The molecule has 0 spiro atoms. The number of nitrogens with zero attached hydrogens (tertiary/aromatic N) is 1. The summed E-state index contributed by atoms with van der Waals surface area (Å²) in [6, 6.07) is 4.84. The van der Waals surface area contributed by atoms with Crippen LogP contribution in [0.25, 0.3) is 0 Å². The van der Waals surface area contributed by atoms with Crippen LogP contribution in [0.15, 0.2) is 18.3 Å². The molecule has 2 rings (SSSR count). The van der Waals surface area contributed by atoms with E-state index in [0.717, 1.165) is 0 Å². The standard InChI is InChI=1S/C11H16N2/c1-8-11(2,3)9-6-5-7-13(4)10(9)12-8/h5-8H,1-4H3/p+1. The summed E-state index contributed by atoms with van der Waals surface area (Å²) in [5, 5.41) is 3.52. The predicted molar refractivity (Wildman–Crippen MR) is 53.7 cm³/mol. The summed E-state index contributed by atoms with van der Waals surface area (Å²) in [7, 11) is 2.08. The number of aromatic nitrogens is 1. The number of rotatable bonds is 0. The Morgan fingerprint density at radius 2 is 2.15 bits per heavy atom. The second-order valence-electron chi connectivity index (χ2n) is 4.47. The van der Waals surface area contributed by atoms with E-state index in [0.29, 0.717) is 6.04 Å². The Morgan fingerprint density at radius 3 is 2.77 bits per heavy atom. The highest BCUT2D eigenvalue weighted by Gasteiger charge is 2.42. The first kappa shape index (κ1) is 8.54. The molecule has 0 bridgehead atoms. The van der Waals surface area contributed by atoms with Crippen LogP contribution < -0.4 is 9.88 Å². The van der Waals surface area contributed by atoms with E-state index < -0.39 is 0 Å². The summed E-state index contributed by atoms with van der Waals surface area (Å²) in [5.41, 5.74) is 1.67. The lowest BCUT2D eigenvalue weighted by atomic mass is 9.82. The average molecular weight is 177 g/mol. The predicted octanol–water partition coefficient (Wildman–Crippen LogP) is 1.60. The van der Waals surface area contributed by atoms with Crippen LogP contribution >= 0.6 is 0 Å². The molecule has 1 unspecified atom stereocenters. The second kappa shape index (κ2) is 2.47. The molecule has 0 amide bonds. The summed E-state index contributed by atoms with van der Waals surface area (Å²) in [6.45, 7) is 6.81. The Bertz CT molecular complexity index is 342. The van der Waals surface area contributed by atoms with Crippen LogP contribution in [0.4, 0.5) is 5.82 Å². The van der Waals surface area contributed by atoms with E-state index >= 15 is 0 Å². The van der Waals surface area contributed by atoms with Crippen LogP contribution in [-0.4, -0.2) is 6.04 Å². The lowest BCUT2D eigenvalue weighted by Crippen LogP contribution is -2.32. The summed E-state index contributed by atoms with van der Waals surface area (Å²) >= 11 is 0. The molecule has 1 N–H and O–H groups in total. The van der Waals surface area contributed by atoms with Crippen LogP contribution in [-0.2, 0) is 12.5 Å². The minimum absolute atomic E-state index is 0.244. The van der Waals surface area contributed by atoms with Gasteiger partial charge in [0, 0.05) is 5.41 Å². The zero-order valence-corrected chi connectivity index (χ0v) is 8.76. The number of anilines is 1. The van der Waals surface area contributed by atoms with Gasteiger partial charge in [-0.15, -0.1) is 0 Å². The highest BCUT2D eigenvalue weighted by Crippen LogP contribution is 2.37. The number of nitrogens with one attached hydrogen (secondary N) is 1. The van der Waals surface area contributed by atoms with Gasteiger partial charge in [-0.05, 0) is 19.1 Å². The zero-order chi connectivity index (χ0) is 9.64. The highest BCUT2D eigenvalue weighted by atomic mass is 15.1. The lowest BCUT2D eigenvalue weighted by molar-refractivity contribution is -0.657. The molecule has 1 aromatic rings. The monoisotopic (exact) mass is 177 g/mol. The third-order valence-electron chi connectivity index (χ3n) is 3.31. The summed E-state index contributed by atoms with van der Waals surface area (Å²) in [4.78, 5) is 0. The largest absolute Gasteiger partial charge is 0.278 e. The van der Waals surface area contributed by atoms with Gasteiger partial charge in [0.2, 0.25) is 0 Å². The minimum Gasteiger partial charge on any atom is -0.271 e. The Kier molecular flexibility index (Phi) is 1.62. The SMILES string of the molecule is CC1Nc2c(ccc[n+]2C)C1(C)C. The Morgan fingerprint density at radius 1 is 1.46 bits per heavy atom. The molecule has 0 aromatic carbocycles. The van der Waals surface area contributed by atoms with Gasteiger partial charge < -0.3 is 0 Å². The number of aryl methyl sites for hydroxylation is 1. The highest BCUT2D eigenvalue weighted by molar-refractivity contribution is 5.52. The maximum Gasteiger partial charge on any atom is 0.278 e. The Hall–Kier alpha value is -1.05. The molecule has 2 heterocycles. The van der Waals surface area contributed by atoms with Gasteiger partial charge >= 0.3 is 0 Å². The van der Waals surface area contributed by atoms with Crippen molar-refractivity contribution in [2.45, 2.75) is 32.2 Å². The van der Waals surface area contributed by atoms with Gasteiger partial charge in [-0.25, -0.2) is 4.57 Å². The first-order valence-corrected chi connectivity index (χ1v) is 4.79. The molecule has 1 atom stereocenters. The molecule has 1 aliphatic heterocycles. The van der Waals surface area contributed by atoms with Crippen LogP contribution in [0.2, 0.25) is 0 Å². The van der Waals surface area contributed by atoms with Crippen LogP contribution in [0, 0.1) is 0 Å². The Balaban J connectivity index is 2.61. The van der Waals surface area contributed by atoms with Gasteiger partial charge in [-0.3, -0.25) is 5.32 Å². The quantitative estimate of drug-likeness (QED) is 0.595. The fourth-order valence-electron chi connectivity index (χ4n) is 1.93. The maximum atomic E-state index is 3.52. The van der Waals surface area contributed by atoms with Crippen molar-refractivity contribution in [1.82, 2.24) is 0 Å². The van der Waals surface area contributed by atoms with E-state index in [2.05, 4.69) is 56.0 Å². The molecule has 2 heteroatoms. The van der Waals surface area contributed by atoms with E-state index in [4.69, 9.17) is 0 Å². The first-order valence-electron chi connectivity index (χ1n) is 4.79. The minimum atomic E-state index is 0.244. The van der Waals surface area contributed by atoms with E-state index in [1.165, 1.54) is 11.4 Å². The molecule has 0 fully saturated rings. The molecular weight excluding hydrogens is 160 g/mol. The summed E-state index contributed by atoms with van der Waals surface area (Å²) in [6.07, 6.45) is 2.08. The van der Waals surface area contributed by atoms with Crippen molar-refractivity contribution in [2.75, 3.05) is 5.32 Å². The van der Waals surface area contributed by atoms with Crippen LogP contribution in [0.1, 0.15) is 26.3 Å². The topological polar surface area (TPSA) is 15.9 Å². The second-order valence-corrected chi connectivity index (χ2v) is 4.47. The van der Waals surface area contributed by atoms with Gasteiger partial charge in [0.05, 0.1) is 18.8 Å². The van der Waals surface area contributed by atoms with E-state index in [9.17, 15) is 0 Å². The van der Waals surface area contributed by atoms with Gasteiger partial charge in [0.15, 0.2) is 0 Å². The van der Waals surface area contributed by atoms with Crippen LogP contribution in [0.5, 0.6) is 0 Å². The Labute approximate surface area is 79.6 Å². The van der Waals surface area contributed by atoms with Gasteiger partial charge in [0.1, 0.15) is 6.04 Å². The van der Waals surface area contributed by atoms with Crippen molar-refractivity contribution in [3.63, 3.8) is 0 Å². The molecule has 70 valence electrons. The van der Waals surface area contributed by atoms with Crippen molar-refractivity contribution in [1.29, 1.82) is 0 Å². The van der Waals surface area contributed by atoms with Crippen molar-refractivity contribution in [2.24, 2.45) is 7.05 Å². The molecular formula is C11H17N2+. The number of pyridine rings is 1. The molecule has 2 nitrogen and oxygen atoms in total. The molecule has 0 radical (unpaired) electrons. The third-order valence-corrected chi connectivity index (χ3v) is 3.31. The molecule has 0 saturated carbocycles. The smallest absolute Gasteiger partial charge is 0.271 e. The van der Waals surface area contributed by atoms with Crippen molar-refractivity contribution in [3.05, 3.63) is 23.9 Å². The van der Waals surface area contributed by atoms with E-state index in [1.807, 2.05) is 0 Å². The van der Waals surface area contributed by atoms with Crippen molar-refractivity contribution in [3.8, 4) is 0 Å². The summed E-state index contributed by atoms with van der Waals surface area (Å²) in [5.74, 6) is 1.26. The van der Waals surface area contributed by atoms with E-state index in [1.54, 1.807) is 0 Å². The normalized spacial score (nSPS) is 23.8. The van der Waals surface area contributed by atoms with Crippen molar-refractivity contribution >= 4 is 5.82 Å². The lowest BCUT2D eigenvalue weighted by Gasteiger charge is -2.19. The molecule has 13 heavy (non-hydrogen) atoms. The molecule has 0 saturated heterocycles. The van der Waals surface area contributed by atoms with Crippen LogP contribution in [0.3, 0.4) is 0 Å².